The molecule has 0 fully saturated rings. The van der Waals surface area contributed by atoms with Gasteiger partial charge in [0.1, 0.15) is 0 Å². The van der Waals surface area contributed by atoms with Crippen LogP contribution in [0.5, 0.6) is 0 Å². The molecular formula is C19H22N2O3S. The van der Waals surface area contributed by atoms with E-state index in [4.69, 9.17) is 0 Å². The second-order valence-corrected chi connectivity index (χ2v) is 8.38. The van der Waals surface area contributed by atoms with Crippen molar-refractivity contribution in [2.24, 2.45) is 5.92 Å². The van der Waals surface area contributed by atoms with E-state index in [9.17, 15) is 13.2 Å². The number of sulfonamides is 1. The molecule has 0 saturated carbocycles. The minimum absolute atomic E-state index is 0.0621. The first-order valence-electron chi connectivity index (χ1n) is 8.38. The molecule has 25 heavy (non-hydrogen) atoms. The van der Waals surface area contributed by atoms with Crippen LogP contribution < -0.4 is 9.62 Å². The van der Waals surface area contributed by atoms with Gasteiger partial charge in [-0.05, 0) is 48.2 Å². The Hall–Kier alpha value is -2.18. The van der Waals surface area contributed by atoms with Crippen LogP contribution in [0.1, 0.15) is 29.8 Å². The molecule has 1 heterocycles. The lowest BCUT2D eigenvalue weighted by Gasteiger charge is -2.18. The molecule has 0 unspecified atom stereocenters. The summed E-state index contributed by atoms with van der Waals surface area (Å²) in [5.41, 5.74) is 2.30. The number of hydrogen-bond acceptors (Lipinski definition) is 3. The normalized spacial score (nSPS) is 14.0. The molecule has 1 amide bonds. The van der Waals surface area contributed by atoms with Crippen LogP contribution in [0.15, 0.2) is 53.4 Å². The van der Waals surface area contributed by atoms with Gasteiger partial charge in [-0.15, -0.1) is 0 Å². The van der Waals surface area contributed by atoms with Crippen LogP contribution in [-0.2, 0) is 16.4 Å². The van der Waals surface area contributed by atoms with Crippen LogP contribution in [0.2, 0.25) is 0 Å². The number of amides is 1. The zero-order valence-corrected chi connectivity index (χ0v) is 15.2. The SMILES string of the molecule is CC(C)CNS(=O)(=O)c1ccc2c(c1)CCN2C(=O)c1ccccc1. The van der Waals surface area contributed by atoms with Crippen molar-refractivity contribution in [3.05, 3.63) is 59.7 Å². The van der Waals surface area contributed by atoms with Crippen LogP contribution >= 0.6 is 0 Å². The van der Waals surface area contributed by atoms with E-state index in [2.05, 4.69) is 4.72 Å². The summed E-state index contributed by atoms with van der Waals surface area (Å²) in [6.45, 7) is 4.88. The number of carbonyl (C=O) groups excluding carboxylic acids is 1. The third-order valence-corrected chi connectivity index (χ3v) is 5.63. The van der Waals surface area contributed by atoms with Gasteiger partial charge in [0.15, 0.2) is 0 Å². The first-order chi connectivity index (χ1) is 11.9. The zero-order chi connectivity index (χ0) is 18.0. The highest BCUT2D eigenvalue weighted by atomic mass is 32.2. The van der Waals surface area contributed by atoms with Gasteiger partial charge in [0.25, 0.3) is 5.91 Å². The summed E-state index contributed by atoms with van der Waals surface area (Å²) < 4.78 is 27.4. The Labute approximate surface area is 148 Å². The molecule has 132 valence electrons. The summed E-state index contributed by atoms with van der Waals surface area (Å²) in [7, 11) is -3.52. The third kappa shape index (κ3) is 3.75. The summed E-state index contributed by atoms with van der Waals surface area (Å²) >= 11 is 0. The van der Waals surface area contributed by atoms with E-state index in [-0.39, 0.29) is 16.7 Å². The Bertz CT molecular complexity index is 877. The number of nitrogens with one attached hydrogen (secondary N) is 1. The lowest BCUT2D eigenvalue weighted by atomic mass is 10.1. The summed E-state index contributed by atoms with van der Waals surface area (Å²) in [4.78, 5) is 14.6. The van der Waals surface area contributed by atoms with Gasteiger partial charge in [0.05, 0.1) is 4.90 Å². The highest BCUT2D eigenvalue weighted by molar-refractivity contribution is 7.89. The van der Waals surface area contributed by atoms with Crippen molar-refractivity contribution >= 4 is 21.6 Å². The highest BCUT2D eigenvalue weighted by Crippen LogP contribution is 2.31. The maximum absolute atomic E-state index is 12.7. The molecule has 6 heteroatoms. The first kappa shape index (κ1) is 17.6. The van der Waals surface area contributed by atoms with Crippen LogP contribution in [0.3, 0.4) is 0 Å². The number of hydrogen-bond donors (Lipinski definition) is 1. The van der Waals surface area contributed by atoms with E-state index in [1.54, 1.807) is 35.2 Å². The lowest BCUT2D eigenvalue weighted by Crippen LogP contribution is -2.29. The predicted molar refractivity (Wildman–Crippen MR) is 98.3 cm³/mol. The zero-order valence-electron chi connectivity index (χ0n) is 14.4. The number of carbonyl (C=O) groups is 1. The number of anilines is 1. The molecule has 0 spiro atoms. The maximum atomic E-state index is 12.7. The van der Waals surface area contributed by atoms with Gasteiger partial charge in [-0.25, -0.2) is 13.1 Å². The van der Waals surface area contributed by atoms with Crippen LogP contribution in [0.4, 0.5) is 5.69 Å². The molecule has 5 nitrogen and oxygen atoms in total. The highest BCUT2D eigenvalue weighted by Gasteiger charge is 2.27. The van der Waals surface area contributed by atoms with Crippen LogP contribution in [0.25, 0.3) is 0 Å². The fraction of sp³-hybridized carbons (Fsp3) is 0.316. The van der Waals surface area contributed by atoms with E-state index in [0.29, 0.717) is 25.1 Å². The van der Waals surface area contributed by atoms with E-state index < -0.39 is 10.0 Å². The van der Waals surface area contributed by atoms with E-state index in [1.165, 1.54) is 0 Å². The molecule has 0 saturated heterocycles. The van der Waals surface area contributed by atoms with E-state index in [1.807, 2.05) is 32.0 Å². The number of rotatable bonds is 5. The average molecular weight is 358 g/mol. The van der Waals surface area contributed by atoms with Gasteiger partial charge in [0.2, 0.25) is 10.0 Å². The van der Waals surface area contributed by atoms with Gasteiger partial charge in [0, 0.05) is 24.3 Å². The number of fused-ring (bicyclic) bond motifs is 1. The molecule has 0 aromatic heterocycles. The Morgan fingerprint density at radius 3 is 2.56 bits per heavy atom. The third-order valence-electron chi connectivity index (χ3n) is 4.20. The van der Waals surface area contributed by atoms with Crippen molar-refractivity contribution in [1.82, 2.24) is 4.72 Å². The molecule has 0 bridgehead atoms. The molecule has 2 aromatic carbocycles. The molecule has 1 aliphatic rings. The predicted octanol–water partition coefficient (Wildman–Crippen LogP) is 2.82. The van der Waals surface area contributed by atoms with Crippen molar-refractivity contribution in [3.8, 4) is 0 Å². The average Bonchev–Trinajstić information content (AvgIpc) is 3.03. The number of nitrogens with zero attached hydrogens (tertiary/aromatic N) is 1. The van der Waals surface area contributed by atoms with Crippen molar-refractivity contribution < 1.29 is 13.2 Å². The summed E-state index contributed by atoms with van der Waals surface area (Å²) in [6, 6.07) is 14.1. The van der Waals surface area contributed by atoms with E-state index in [0.717, 1.165) is 11.3 Å². The lowest BCUT2D eigenvalue weighted by molar-refractivity contribution is 0.0989. The molecule has 1 N–H and O–H groups in total. The number of benzene rings is 2. The van der Waals surface area contributed by atoms with Crippen LogP contribution in [-0.4, -0.2) is 27.4 Å². The van der Waals surface area contributed by atoms with Crippen molar-refractivity contribution in [1.29, 1.82) is 0 Å². The van der Waals surface area contributed by atoms with Gasteiger partial charge in [-0.2, -0.15) is 0 Å². The van der Waals surface area contributed by atoms with Gasteiger partial charge < -0.3 is 4.90 Å². The first-order valence-corrected chi connectivity index (χ1v) is 9.86. The Morgan fingerprint density at radius 1 is 1.16 bits per heavy atom. The van der Waals surface area contributed by atoms with Gasteiger partial charge in [-0.3, -0.25) is 4.79 Å². The minimum Gasteiger partial charge on any atom is -0.308 e. The molecule has 1 aliphatic heterocycles. The molecule has 3 rings (SSSR count). The fourth-order valence-electron chi connectivity index (χ4n) is 2.85. The second-order valence-electron chi connectivity index (χ2n) is 6.61. The van der Waals surface area contributed by atoms with Gasteiger partial charge in [-0.1, -0.05) is 32.0 Å². The smallest absolute Gasteiger partial charge is 0.258 e. The Balaban J connectivity index is 1.85. The van der Waals surface area contributed by atoms with Gasteiger partial charge >= 0.3 is 0 Å². The van der Waals surface area contributed by atoms with E-state index >= 15 is 0 Å². The Morgan fingerprint density at radius 2 is 1.88 bits per heavy atom. The molecule has 2 aromatic rings. The largest absolute Gasteiger partial charge is 0.308 e. The molecule has 0 atom stereocenters. The van der Waals surface area contributed by atoms with Crippen molar-refractivity contribution in [2.45, 2.75) is 25.2 Å². The summed E-state index contributed by atoms with van der Waals surface area (Å²) in [6.07, 6.45) is 0.654. The standard InChI is InChI=1S/C19H22N2O3S/c1-14(2)13-20-25(23,24)17-8-9-18-16(12-17)10-11-21(18)19(22)15-6-4-3-5-7-15/h3-9,12,14,20H,10-11,13H2,1-2H3. The fourth-order valence-corrected chi connectivity index (χ4v) is 4.12. The van der Waals surface area contributed by atoms with Crippen LogP contribution in [0, 0.1) is 5.92 Å². The van der Waals surface area contributed by atoms with Crippen molar-refractivity contribution in [2.75, 3.05) is 18.0 Å². The maximum Gasteiger partial charge on any atom is 0.258 e. The monoisotopic (exact) mass is 358 g/mol. The summed E-state index contributed by atoms with van der Waals surface area (Å²) in [5.74, 6) is 0.177. The molecular weight excluding hydrogens is 336 g/mol. The topological polar surface area (TPSA) is 66.5 Å². The molecule has 0 aliphatic carbocycles. The molecule has 0 radical (unpaired) electrons. The summed E-state index contributed by atoms with van der Waals surface area (Å²) in [5, 5.41) is 0. The van der Waals surface area contributed by atoms with Crippen molar-refractivity contribution in [3.63, 3.8) is 0 Å². The quantitative estimate of drug-likeness (QED) is 0.894. The minimum atomic E-state index is -3.52. The second kappa shape index (κ2) is 6.98. The Kier molecular flexibility index (Phi) is 4.92.